The highest BCUT2D eigenvalue weighted by atomic mass is 32.1. The van der Waals surface area contributed by atoms with Gasteiger partial charge < -0.3 is 15.8 Å². The smallest absolute Gasteiger partial charge is 0.267 e. The molecule has 0 bridgehead atoms. The Hall–Kier alpha value is -2.52. The first-order valence-corrected chi connectivity index (χ1v) is 6.26. The summed E-state index contributed by atoms with van der Waals surface area (Å²) in [7, 11) is 1.48. The van der Waals surface area contributed by atoms with E-state index in [9.17, 15) is 4.79 Å². The molecule has 0 spiro atoms. The predicted octanol–water partition coefficient (Wildman–Crippen LogP) is 2.46. The molecule has 0 saturated heterocycles. The third-order valence-corrected chi connectivity index (χ3v) is 3.41. The maximum absolute atomic E-state index is 12.0. The second-order valence-corrected chi connectivity index (χ2v) is 4.60. The number of nitriles is 1. The van der Waals surface area contributed by atoms with Crippen molar-refractivity contribution in [3.8, 4) is 11.8 Å². The Morgan fingerprint density at radius 1 is 1.47 bits per heavy atom. The largest absolute Gasteiger partial charge is 0.495 e. The number of amides is 1. The molecule has 2 aromatic rings. The average molecular weight is 273 g/mol. The molecule has 5 nitrogen and oxygen atoms in total. The average Bonchev–Trinajstić information content (AvgIpc) is 2.85. The second-order valence-electron chi connectivity index (χ2n) is 3.69. The highest BCUT2D eigenvalue weighted by molar-refractivity contribution is 7.12. The van der Waals surface area contributed by atoms with Crippen molar-refractivity contribution in [3.63, 3.8) is 0 Å². The lowest BCUT2D eigenvalue weighted by Crippen LogP contribution is -2.12. The van der Waals surface area contributed by atoms with Gasteiger partial charge in [0.05, 0.1) is 30.1 Å². The van der Waals surface area contributed by atoms with Crippen LogP contribution in [0.15, 0.2) is 29.6 Å². The first-order valence-electron chi connectivity index (χ1n) is 5.38. The molecule has 1 aromatic heterocycles. The predicted molar refractivity (Wildman–Crippen MR) is 74.4 cm³/mol. The van der Waals surface area contributed by atoms with E-state index in [-0.39, 0.29) is 5.91 Å². The zero-order chi connectivity index (χ0) is 13.8. The molecule has 1 heterocycles. The molecule has 96 valence electrons. The van der Waals surface area contributed by atoms with Crippen molar-refractivity contribution >= 4 is 28.6 Å². The fourth-order valence-corrected chi connectivity index (χ4v) is 2.26. The molecule has 19 heavy (non-hydrogen) atoms. The van der Waals surface area contributed by atoms with Gasteiger partial charge in [-0.05, 0) is 23.6 Å². The lowest BCUT2D eigenvalue weighted by Gasteiger charge is -2.10. The fourth-order valence-electron chi connectivity index (χ4n) is 1.55. The van der Waals surface area contributed by atoms with Gasteiger partial charge in [0.1, 0.15) is 10.6 Å². The first-order chi connectivity index (χ1) is 9.15. The number of hydrogen-bond donors (Lipinski definition) is 2. The Bertz CT molecular complexity index is 658. The molecule has 0 fully saturated rings. The van der Waals surface area contributed by atoms with Crippen LogP contribution in [-0.2, 0) is 0 Å². The Morgan fingerprint density at radius 3 is 2.84 bits per heavy atom. The van der Waals surface area contributed by atoms with Crippen LogP contribution in [0.2, 0.25) is 0 Å². The van der Waals surface area contributed by atoms with Crippen LogP contribution in [0.25, 0.3) is 0 Å². The van der Waals surface area contributed by atoms with Gasteiger partial charge in [-0.1, -0.05) is 0 Å². The molecule has 2 rings (SSSR count). The quantitative estimate of drug-likeness (QED) is 0.899. The standard InChI is InChI=1S/C13H11N3O2S/c1-18-11-6-8(7-14)2-3-10(11)16-13(17)12-9(15)4-5-19-12/h2-6H,15H2,1H3,(H,16,17). The molecule has 0 radical (unpaired) electrons. The van der Waals surface area contributed by atoms with Gasteiger partial charge in [0.15, 0.2) is 0 Å². The maximum Gasteiger partial charge on any atom is 0.267 e. The molecule has 0 atom stereocenters. The van der Waals surface area contributed by atoms with Gasteiger partial charge in [-0.15, -0.1) is 11.3 Å². The zero-order valence-electron chi connectivity index (χ0n) is 10.1. The molecule has 1 amide bonds. The summed E-state index contributed by atoms with van der Waals surface area (Å²) >= 11 is 1.27. The molecule has 6 heteroatoms. The number of hydrogen-bond acceptors (Lipinski definition) is 5. The van der Waals surface area contributed by atoms with Gasteiger partial charge in [-0.3, -0.25) is 4.79 Å². The Labute approximate surface area is 114 Å². The van der Waals surface area contributed by atoms with E-state index < -0.39 is 0 Å². The normalized spacial score (nSPS) is 9.68. The maximum atomic E-state index is 12.0. The van der Waals surface area contributed by atoms with E-state index in [2.05, 4.69) is 5.32 Å². The van der Waals surface area contributed by atoms with E-state index >= 15 is 0 Å². The third-order valence-electron chi connectivity index (χ3n) is 2.48. The summed E-state index contributed by atoms with van der Waals surface area (Å²) in [6, 6.07) is 8.48. The lowest BCUT2D eigenvalue weighted by molar-refractivity contribution is 0.103. The van der Waals surface area contributed by atoms with Crippen LogP contribution in [0.5, 0.6) is 5.75 Å². The summed E-state index contributed by atoms with van der Waals surface area (Å²) in [6.07, 6.45) is 0. The molecular weight excluding hydrogens is 262 g/mol. The number of carbonyl (C=O) groups is 1. The van der Waals surface area contributed by atoms with Crippen LogP contribution >= 0.6 is 11.3 Å². The number of methoxy groups -OCH3 is 1. The fraction of sp³-hybridized carbons (Fsp3) is 0.0769. The van der Waals surface area contributed by atoms with Crippen molar-refractivity contribution < 1.29 is 9.53 Å². The summed E-state index contributed by atoms with van der Waals surface area (Å²) < 4.78 is 5.14. The Balaban J connectivity index is 2.27. The third kappa shape index (κ3) is 2.67. The number of anilines is 2. The topological polar surface area (TPSA) is 88.1 Å². The molecule has 0 aliphatic rings. The van der Waals surface area contributed by atoms with E-state index in [1.54, 1.807) is 29.6 Å². The number of benzene rings is 1. The van der Waals surface area contributed by atoms with Crippen LogP contribution in [-0.4, -0.2) is 13.0 Å². The van der Waals surface area contributed by atoms with Gasteiger partial charge in [0.25, 0.3) is 5.91 Å². The number of carbonyl (C=O) groups excluding carboxylic acids is 1. The summed E-state index contributed by atoms with van der Waals surface area (Å²) in [6.45, 7) is 0. The molecular formula is C13H11N3O2S. The first kappa shape index (κ1) is 12.9. The lowest BCUT2D eigenvalue weighted by atomic mass is 10.2. The van der Waals surface area contributed by atoms with Crippen LogP contribution in [0.1, 0.15) is 15.2 Å². The minimum absolute atomic E-state index is 0.296. The number of nitrogens with two attached hydrogens (primary N) is 1. The Kier molecular flexibility index (Phi) is 3.68. The molecule has 0 unspecified atom stereocenters. The Morgan fingerprint density at radius 2 is 2.26 bits per heavy atom. The van der Waals surface area contributed by atoms with E-state index in [1.165, 1.54) is 18.4 Å². The van der Waals surface area contributed by atoms with E-state index in [0.717, 1.165) is 0 Å². The molecule has 0 saturated carbocycles. The highest BCUT2D eigenvalue weighted by Gasteiger charge is 2.14. The highest BCUT2D eigenvalue weighted by Crippen LogP contribution is 2.27. The van der Waals surface area contributed by atoms with Crippen molar-refractivity contribution in [2.45, 2.75) is 0 Å². The van der Waals surface area contributed by atoms with Crippen LogP contribution < -0.4 is 15.8 Å². The number of rotatable bonds is 3. The minimum Gasteiger partial charge on any atom is -0.495 e. The van der Waals surface area contributed by atoms with Gasteiger partial charge in [0, 0.05) is 6.07 Å². The number of nitrogen functional groups attached to an aromatic ring is 1. The van der Waals surface area contributed by atoms with Crippen molar-refractivity contribution in [1.29, 1.82) is 5.26 Å². The molecule has 3 N–H and O–H groups in total. The van der Waals surface area contributed by atoms with Crippen molar-refractivity contribution in [2.24, 2.45) is 0 Å². The summed E-state index contributed by atoms with van der Waals surface area (Å²) in [5, 5.41) is 13.3. The van der Waals surface area contributed by atoms with E-state index in [4.69, 9.17) is 15.7 Å². The number of nitrogens with one attached hydrogen (secondary N) is 1. The van der Waals surface area contributed by atoms with Gasteiger partial charge in [0.2, 0.25) is 0 Å². The van der Waals surface area contributed by atoms with Crippen LogP contribution in [0.4, 0.5) is 11.4 Å². The van der Waals surface area contributed by atoms with Gasteiger partial charge in [-0.2, -0.15) is 5.26 Å². The van der Waals surface area contributed by atoms with E-state index in [1.807, 2.05) is 6.07 Å². The molecule has 1 aromatic carbocycles. The van der Waals surface area contributed by atoms with Crippen molar-refractivity contribution in [3.05, 3.63) is 40.1 Å². The monoisotopic (exact) mass is 273 g/mol. The van der Waals surface area contributed by atoms with Gasteiger partial charge in [-0.25, -0.2) is 0 Å². The van der Waals surface area contributed by atoms with Crippen LogP contribution in [0.3, 0.4) is 0 Å². The number of nitrogens with zero attached hydrogens (tertiary/aromatic N) is 1. The SMILES string of the molecule is COc1cc(C#N)ccc1NC(=O)c1sccc1N. The zero-order valence-corrected chi connectivity index (χ0v) is 11.0. The van der Waals surface area contributed by atoms with Crippen LogP contribution in [0, 0.1) is 11.3 Å². The summed E-state index contributed by atoms with van der Waals surface area (Å²) in [4.78, 5) is 12.5. The summed E-state index contributed by atoms with van der Waals surface area (Å²) in [5.41, 5.74) is 7.09. The molecule has 0 aliphatic heterocycles. The van der Waals surface area contributed by atoms with E-state index in [0.29, 0.717) is 27.6 Å². The number of thiophene rings is 1. The van der Waals surface area contributed by atoms with Gasteiger partial charge >= 0.3 is 0 Å². The number of ether oxygens (including phenoxy) is 1. The molecule has 0 aliphatic carbocycles. The second kappa shape index (κ2) is 5.42. The van der Waals surface area contributed by atoms with Crippen molar-refractivity contribution in [1.82, 2.24) is 0 Å². The minimum atomic E-state index is -0.296. The summed E-state index contributed by atoms with van der Waals surface area (Å²) in [5.74, 6) is 0.137. The van der Waals surface area contributed by atoms with Crippen molar-refractivity contribution in [2.75, 3.05) is 18.2 Å².